The van der Waals surface area contributed by atoms with Gasteiger partial charge in [-0.3, -0.25) is 0 Å². The second kappa shape index (κ2) is 9.06. The van der Waals surface area contributed by atoms with E-state index in [2.05, 4.69) is 17.4 Å². The molecule has 1 aliphatic rings. The number of amides is 2. The Labute approximate surface area is 137 Å². The maximum atomic E-state index is 12.0. The summed E-state index contributed by atoms with van der Waals surface area (Å²) in [5.41, 5.74) is 0. The van der Waals surface area contributed by atoms with Crippen LogP contribution in [0, 0.1) is 5.92 Å². The first kappa shape index (κ1) is 17.2. The average molecular weight is 322 g/mol. The molecule has 1 saturated carbocycles. The van der Waals surface area contributed by atoms with Crippen molar-refractivity contribution in [3.8, 4) is 0 Å². The van der Waals surface area contributed by atoms with Crippen LogP contribution < -0.4 is 5.32 Å². The zero-order valence-corrected chi connectivity index (χ0v) is 14.0. The molecule has 22 heavy (non-hydrogen) atoms. The standard InChI is InChI=1S/C17H26N2O2S/c1-19(13-14-7-5-10-16(14)20)17(21)18-11-6-12-22-15-8-3-2-4-9-15/h2-4,8-9,14,16,20H,5-7,10-13H2,1H3,(H,18,21). The molecule has 0 bridgehead atoms. The molecule has 1 aromatic rings. The molecule has 0 heterocycles. The van der Waals surface area contributed by atoms with E-state index in [1.54, 1.807) is 11.9 Å². The van der Waals surface area contributed by atoms with Crippen molar-refractivity contribution in [2.45, 2.75) is 36.7 Å². The van der Waals surface area contributed by atoms with Crippen molar-refractivity contribution in [2.75, 3.05) is 25.9 Å². The average Bonchev–Trinajstić information content (AvgIpc) is 2.93. The van der Waals surface area contributed by atoms with Gasteiger partial charge in [-0.05, 0) is 37.1 Å². The highest BCUT2D eigenvalue weighted by Crippen LogP contribution is 2.25. The molecule has 122 valence electrons. The molecule has 2 atom stereocenters. The van der Waals surface area contributed by atoms with Crippen LogP contribution >= 0.6 is 11.8 Å². The molecular formula is C17H26N2O2S. The molecule has 1 aromatic carbocycles. The van der Waals surface area contributed by atoms with Gasteiger partial charge in [0.15, 0.2) is 0 Å². The summed E-state index contributed by atoms with van der Waals surface area (Å²) in [6.07, 6.45) is 3.67. The molecule has 4 nitrogen and oxygen atoms in total. The number of aliphatic hydroxyl groups excluding tert-OH is 1. The van der Waals surface area contributed by atoms with Crippen LogP contribution in [0.5, 0.6) is 0 Å². The molecule has 0 saturated heterocycles. The number of rotatable bonds is 7. The molecule has 0 aromatic heterocycles. The highest BCUT2D eigenvalue weighted by Gasteiger charge is 2.27. The number of carbonyl (C=O) groups is 1. The maximum Gasteiger partial charge on any atom is 0.317 e. The van der Waals surface area contributed by atoms with E-state index in [-0.39, 0.29) is 18.1 Å². The summed E-state index contributed by atoms with van der Waals surface area (Å²) < 4.78 is 0. The Kier molecular flexibility index (Phi) is 7.06. The molecule has 2 N–H and O–H groups in total. The van der Waals surface area contributed by atoms with Crippen molar-refractivity contribution in [1.82, 2.24) is 10.2 Å². The number of aliphatic hydroxyl groups is 1. The van der Waals surface area contributed by atoms with E-state index in [1.165, 1.54) is 4.90 Å². The number of nitrogens with zero attached hydrogens (tertiary/aromatic N) is 1. The van der Waals surface area contributed by atoms with E-state index >= 15 is 0 Å². The van der Waals surface area contributed by atoms with E-state index in [9.17, 15) is 9.90 Å². The second-order valence-electron chi connectivity index (χ2n) is 5.89. The summed E-state index contributed by atoms with van der Waals surface area (Å²) in [6.45, 7) is 1.34. The smallest absolute Gasteiger partial charge is 0.317 e. The SMILES string of the molecule is CN(CC1CCCC1O)C(=O)NCCCSc1ccccc1. The van der Waals surface area contributed by atoms with Crippen LogP contribution in [0.25, 0.3) is 0 Å². The van der Waals surface area contributed by atoms with E-state index in [0.717, 1.165) is 31.4 Å². The number of nitrogens with one attached hydrogen (secondary N) is 1. The van der Waals surface area contributed by atoms with Crippen LogP contribution in [-0.4, -0.2) is 48.0 Å². The molecule has 1 aliphatic carbocycles. The normalized spacial score (nSPS) is 20.8. The van der Waals surface area contributed by atoms with Crippen molar-refractivity contribution in [2.24, 2.45) is 5.92 Å². The van der Waals surface area contributed by atoms with Gasteiger partial charge in [-0.1, -0.05) is 24.6 Å². The van der Waals surface area contributed by atoms with Gasteiger partial charge < -0.3 is 15.3 Å². The monoisotopic (exact) mass is 322 g/mol. The van der Waals surface area contributed by atoms with Crippen LogP contribution in [0.15, 0.2) is 35.2 Å². The summed E-state index contributed by atoms with van der Waals surface area (Å²) in [5, 5.41) is 12.8. The molecular weight excluding hydrogens is 296 g/mol. The summed E-state index contributed by atoms with van der Waals surface area (Å²) in [7, 11) is 1.80. The molecule has 0 spiro atoms. The first-order valence-electron chi connectivity index (χ1n) is 8.01. The van der Waals surface area contributed by atoms with Crippen molar-refractivity contribution in [3.63, 3.8) is 0 Å². The zero-order valence-electron chi connectivity index (χ0n) is 13.2. The Morgan fingerprint density at radius 2 is 2.14 bits per heavy atom. The van der Waals surface area contributed by atoms with Crippen LogP contribution in [0.1, 0.15) is 25.7 Å². The fourth-order valence-electron chi connectivity index (χ4n) is 2.77. The van der Waals surface area contributed by atoms with Crippen LogP contribution in [0.4, 0.5) is 4.79 Å². The molecule has 0 radical (unpaired) electrons. The molecule has 5 heteroatoms. The Hall–Kier alpha value is -1.20. The number of urea groups is 1. The van der Waals surface area contributed by atoms with E-state index in [1.807, 2.05) is 30.0 Å². The van der Waals surface area contributed by atoms with Crippen molar-refractivity contribution >= 4 is 17.8 Å². The lowest BCUT2D eigenvalue weighted by atomic mass is 10.1. The quantitative estimate of drug-likeness (QED) is 0.599. The minimum atomic E-state index is -0.238. The highest BCUT2D eigenvalue weighted by atomic mass is 32.2. The number of thioether (sulfide) groups is 1. The lowest BCUT2D eigenvalue weighted by Crippen LogP contribution is -2.41. The molecule has 2 rings (SSSR count). The van der Waals surface area contributed by atoms with Gasteiger partial charge in [0.05, 0.1) is 6.10 Å². The number of hydrogen-bond acceptors (Lipinski definition) is 3. The Morgan fingerprint density at radius 3 is 2.82 bits per heavy atom. The zero-order chi connectivity index (χ0) is 15.8. The maximum absolute atomic E-state index is 12.0. The molecule has 2 amide bonds. The van der Waals surface area contributed by atoms with Crippen molar-refractivity contribution in [3.05, 3.63) is 30.3 Å². The minimum Gasteiger partial charge on any atom is -0.393 e. The van der Waals surface area contributed by atoms with Gasteiger partial charge in [-0.15, -0.1) is 11.8 Å². The van der Waals surface area contributed by atoms with Gasteiger partial charge in [-0.2, -0.15) is 0 Å². The van der Waals surface area contributed by atoms with Gasteiger partial charge in [0, 0.05) is 31.0 Å². The third kappa shape index (κ3) is 5.54. The summed E-state index contributed by atoms with van der Waals surface area (Å²) in [4.78, 5) is 15.0. The summed E-state index contributed by atoms with van der Waals surface area (Å²) in [6, 6.07) is 10.3. The highest BCUT2D eigenvalue weighted by molar-refractivity contribution is 7.99. The third-order valence-electron chi connectivity index (χ3n) is 4.08. The first-order valence-corrected chi connectivity index (χ1v) is 9.00. The Bertz CT molecular complexity index is 455. The van der Waals surface area contributed by atoms with Crippen molar-refractivity contribution < 1.29 is 9.90 Å². The van der Waals surface area contributed by atoms with Crippen molar-refractivity contribution in [1.29, 1.82) is 0 Å². The van der Waals surface area contributed by atoms with Gasteiger partial charge in [0.2, 0.25) is 0 Å². The van der Waals surface area contributed by atoms with Gasteiger partial charge in [-0.25, -0.2) is 4.79 Å². The fourth-order valence-corrected chi connectivity index (χ4v) is 3.65. The predicted octanol–water partition coefficient (Wildman–Crippen LogP) is 2.97. The van der Waals surface area contributed by atoms with Gasteiger partial charge >= 0.3 is 6.03 Å². The summed E-state index contributed by atoms with van der Waals surface area (Å²) >= 11 is 1.81. The van der Waals surface area contributed by atoms with E-state index in [4.69, 9.17) is 0 Å². The second-order valence-corrected chi connectivity index (χ2v) is 7.05. The number of carbonyl (C=O) groups excluding carboxylic acids is 1. The van der Waals surface area contributed by atoms with Gasteiger partial charge in [0.25, 0.3) is 0 Å². The topological polar surface area (TPSA) is 52.6 Å². The Balaban J connectivity index is 1.57. The number of benzene rings is 1. The first-order chi connectivity index (χ1) is 10.7. The van der Waals surface area contributed by atoms with Crippen LogP contribution in [0.3, 0.4) is 0 Å². The van der Waals surface area contributed by atoms with E-state index in [0.29, 0.717) is 13.1 Å². The third-order valence-corrected chi connectivity index (χ3v) is 5.18. The van der Waals surface area contributed by atoms with Crippen LogP contribution in [0.2, 0.25) is 0 Å². The fraction of sp³-hybridized carbons (Fsp3) is 0.588. The molecule has 0 aliphatic heterocycles. The number of hydrogen-bond donors (Lipinski definition) is 2. The Morgan fingerprint density at radius 1 is 1.36 bits per heavy atom. The van der Waals surface area contributed by atoms with E-state index < -0.39 is 0 Å². The summed E-state index contributed by atoms with van der Waals surface area (Å²) in [5.74, 6) is 1.24. The predicted molar refractivity (Wildman–Crippen MR) is 91.2 cm³/mol. The largest absolute Gasteiger partial charge is 0.393 e. The lowest BCUT2D eigenvalue weighted by molar-refractivity contribution is 0.114. The minimum absolute atomic E-state index is 0.0381. The lowest BCUT2D eigenvalue weighted by Gasteiger charge is -2.23. The molecule has 2 unspecified atom stereocenters. The van der Waals surface area contributed by atoms with Gasteiger partial charge in [0.1, 0.15) is 0 Å². The molecule has 1 fully saturated rings. The van der Waals surface area contributed by atoms with Crippen LogP contribution in [-0.2, 0) is 0 Å².